The highest BCUT2D eigenvalue weighted by atomic mass is 32.2. The molecule has 0 radical (unpaired) electrons. The van der Waals surface area contributed by atoms with E-state index in [0.717, 1.165) is 11.8 Å². The molecule has 0 saturated carbocycles. The number of carbonyl (C=O) groups excluding carboxylic acids is 2. The first-order valence-corrected chi connectivity index (χ1v) is 8.71. The average Bonchev–Trinajstić information content (AvgIpc) is 3.25. The number of amides is 1. The van der Waals surface area contributed by atoms with Crippen molar-refractivity contribution in [1.82, 2.24) is 4.90 Å². The molecule has 1 fully saturated rings. The zero-order chi connectivity index (χ0) is 17.1. The molecule has 0 bridgehead atoms. The van der Waals surface area contributed by atoms with E-state index in [4.69, 9.17) is 9.15 Å². The molecule has 1 saturated heterocycles. The van der Waals surface area contributed by atoms with E-state index < -0.39 is 0 Å². The summed E-state index contributed by atoms with van der Waals surface area (Å²) in [5.74, 6) is 0.863. The van der Waals surface area contributed by atoms with E-state index in [-0.39, 0.29) is 17.1 Å². The summed E-state index contributed by atoms with van der Waals surface area (Å²) in [4.78, 5) is 25.6. The van der Waals surface area contributed by atoms with Crippen LogP contribution in [0.25, 0.3) is 11.0 Å². The van der Waals surface area contributed by atoms with E-state index in [1.165, 1.54) is 18.9 Å². The number of thioether (sulfide) groups is 1. The largest absolute Gasteiger partial charge is 0.493 e. The van der Waals surface area contributed by atoms with E-state index in [2.05, 4.69) is 4.74 Å². The van der Waals surface area contributed by atoms with Gasteiger partial charge in [0, 0.05) is 23.7 Å². The number of nitrogens with zero attached hydrogens (tertiary/aromatic N) is 1. The second kappa shape index (κ2) is 7.17. The van der Waals surface area contributed by atoms with Gasteiger partial charge in [0.1, 0.15) is 0 Å². The van der Waals surface area contributed by atoms with Gasteiger partial charge in [-0.2, -0.15) is 0 Å². The minimum absolute atomic E-state index is 0.130. The molecule has 0 unspecified atom stereocenters. The second-order valence-electron chi connectivity index (χ2n) is 5.54. The highest BCUT2D eigenvalue weighted by Crippen LogP contribution is 2.30. The van der Waals surface area contributed by atoms with Crippen LogP contribution in [0.2, 0.25) is 0 Å². The van der Waals surface area contributed by atoms with Crippen LogP contribution in [0.15, 0.2) is 28.7 Å². The van der Waals surface area contributed by atoms with Crippen LogP contribution < -0.4 is 4.74 Å². The first-order chi connectivity index (χ1) is 11.6. The molecule has 2 aromatic rings. The number of esters is 1. The molecule has 2 heterocycles. The second-order valence-corrected chi connectivity index (χ2v) is 6.83. The number of para-hydroxylation sites is 1. The van der Waals surface area contributed by atoms with Crippen molar-refractivity contribution >= 4 is 34.6 Å². The number of hydrogen-bond donors (Lipinski definition) is 0. The van der Waals surface area contributed by atoms with Crippen LogP contribution in [-0.2, 0) is 9.53 Å². The Hall–Kier alpha value is -2.15. The summed E-state index contributed by atoms with van der Waals surface area (Å²) in [6, 6.07) is 7.29. The number of ether oxygens (including phenoxy) is 2. The number of fused-ring (bicyclic) bond motifs is 1. The SMILES string of the molecule is COC(=O)CS[C@H]1CCN(C(=O)c2cc3cccc(OC)c3o2)C1. The van der Waals surface area contributed by atoms with Gasteiger partial charge in [-0.3, -0.25) is 9.59 Å². The minimum atomic E-state index is -0.242. The Balaban J connectivity index is 1.68. The average molecular weight is 349 g/mol. The smallest absolute Gasteiger partial charge is 0.315 e. The number of carbonyl (C=O) groups is 2. The van der Waals surface area contributed by atoms with Gasteiger partial charge >= 0.3 is 5.97 Å². The molecule has 6 nitrogen and oxygen atoms in total. The molecule has 1 atom stereocenters. The van der Waals surface area contributed by atoms with Crippen molar-refractivity contribution in [3.63, 3.8) is 0 Å². The summed E-state index contributed by atoms with van der Waals surface area (Å²) in [5, 5.41) is 1.08. The molecular weight excluding hydrogens is 330 g/mol. The predicted molar refractivity (Wildman–Crippen MR) is 91.5 cm³/mol. The fraction of sp³-hybridized carbons (Fsp3) is 0.412. The zero-order valence-electron chi connectivity index (χ0n) is 13.6. The molecule has 0 aliphatic carbocycles. The lowest BCUT2D eigenvalue weighted by Gasteiger charge is -2.14. The molecule has 128 valence electrons. The van der Waals surface area contributed by atoms with Crippen LogP contribution in [0.5, 0.6) is 5.75 Å². The summed E-state index contributed by atoms with van der Waals surface area (Å²) in [7, 11) is 2.95. The lowest BCUT2D eigenvalue weighted by molar-refractivity contribution is -0.137. The van der Waals surface area contributed by atoms with Crippen LogP contribution in [0.3, 0.4) is 0 Å². The molecule has 3 rings (SSSR count). The standard InChI is InChI=1S/C17H19NO5S/c1-21-13-5-3-4-11-8-14(23-16(11)13)17(20)18-7-6-12(9-18)24-10-15(19)22-2/h3-5,8,12H,6-7,9-10H2,1-2H3/t12-/m0/s1. The maximum absolute atomic E-state index is 12.6. The highest BCUT2D eigenvalue weighted by molar-refractivity contribution is 8.00. The van der Waals surface area contributed by atoms with Crippen molar-refractivity contribution < 1.29 is 23.5 Å². The molecule has 1 aromatic heterocycles. The molecule has 0 N–H and O–H groups in total. The summed E-state index contributed by atoms with van der Waals surface area (Å²) in [5.41, 5.74) is 0.583. The van der Waals surface area contributed by atoms with Gasteiger partial charge in [-0.1, -0.05) is 12.1 Å². The predicted octanol–water partition coefficient (Wildman–Crippen LogP) is 2.56. The Morgan fingerprint density at radius 3 is 2.96 bits per heavy atom. The summed E-state index contributed by atoms with van der Waals surface area (Å²) >= 11 is 1.53. The lowest BCUT2D eigenvalue weighted by atomic mass is 10.2. The summed E-state index contributed by atoms with van der Waals surface area (Å²) in [6.45, 7) is 1.26. The van der Waals surface area contributed by atoms with Gasteiger partial charge in [-0.25, -0.2) is 0 Å². The topological polar surface area (TPSA) is 69.0 Å². The number of methoxy groups -OCH3 is 2. The Morgan fingerprint density at radius 1 is 1.38 bits per heavy atom. The first-order valence-electron chi connectivity index (χ1n) is 7.66. The normalized spacial score (nSPS) is 17.2. The van der Waals surface area contributed by atoms with Crippen LogP contribution in [0.4, 0.5) is 0 Å². The Bertz CT molecular complexity index is 757. The number of benzene rings is 1. The monoisotopic (exact) mass is 349 g/mol. The quantitative estimate of drug-likeness (QED) is 0.773. The van der Waals surface area contributed by atoms with Crippen molar-refractivity contribution in [3.8, 4) is 5.75 Å². The van der Waals surface area contributed by atoms with Crippen molar-refractivity contribution in [2.24, 2.45) is 0 Å². The molecule has 1 aromatic carbocycles. The molecule has 1 aliphatic heterocycles. The molecule has 24 heavy (non-hydrogen) atoms. The lowest BCUT2D eigenvalue weighted by Crippen LogP contribution is -2.28. The van der Waals surface area contributed by atoms with Crippen LogP contribution in [0, 0.1) is 0 Å². The van der Waals surface area contributed by atoms with Crippen molar-refractivity contribution in [2.75, 3.05) is 33.1 Å². The third-order valence-electron chi connectivity index (χ3n) is 4.04. The van der Waals surface area contributed by atoms with Crippen molar-refractivity contribution in [1.29, 1.82) is 0 Å². The summed E-state index contributed by atoms with van der Waals surface area (Å²) in [6.07, 6.45) is 0.858. The van der Waals surface area contributed by atoms with Gasteiger partial charge < -0.3 is 18.8 Å². The molecule has 7 heteroatoms. The Labute approximate surface area is 144 Å². The number of likely N-dealkylation sites (tertiary alicyclic amines) is 1. The highest BCUT2D eigenvalue weighted by Gasteiger charge is 2.29. The van der Waals surface area contributed by atoms with E-state index in [1.54, 1.807) is 24.1 Å². The molecule has 1 aliphatic rings. The minimum Gasteiger partial charge on any atom is -0.493 e. The number of hydrogen-bond acceptors (Lipinski definition) is 6. The maximum atomic E-state index is 12.6. The van der Waals surface area contributed by atoms with Gasteiger partial charge in [0.05, 0.1) is 20.0 Å². The maximum Gasteiger partial charge on any atom is 0.315 e. The Morgan fingerprint density at radius 2 is 2.21 bits per heavy atom. The number of furan rings is 1. The number of rotatable bonds is 5. The van der Waals surface area contributed by atoms with Gasteiger partial charge in [0.2, 0.25) is 0 Å². The summed E-state index contributed by atoms with van der Waals surface area (Å²) < 4.78 is 15.6. The van der Waals surface area contributed by atoms with Gasteiger partial charge in [-0.05, 0) is 18.6 Å². The fourth-order valence-corrected chi connectivity index (χ4v) is 3.80. The third-order valence-corrected chi connectivity index (χ3v) is 5.29. The van der Waals surface area contributed by atoms with Crippen molar-refractivity contribution in [3.05, 3.63) is 30.0 Å². The van der Waals surface area contributed by atoms with Crippen LogP contribution in [-0.4, -0.2) is 55.1 Å². The first kappa shape index (κ1) is 16.7. The molecule has 1 amide bonds. The fourth-order valence-electron chi connectivity index (χ4n) is 2.75. The van der Waals surface area contributed by atoms with Crippen LogP contribution in [0.1, 0.15) is 17.0 Å². The third kappa shape index (κ3) is 3.36. The zero-order valence-corrected chi connectivity index (χ0v) is 14.4. The van der Waals surface area contributed by atoms with Gasteiger partial charge in [-0.15, -0.1) is 11.8 Å². The van der Waals surface area contributed by atoms with Gasteiger partial charge in [0.15, 0.2) is 17.1 Å². The molecule has 0 spiro atoms. The molecular formula is C17H19NO5S. The Kier molecular flexibility index (Phi) is 4.99. The van der Waals surface area contributed by atoms with E-state index >= 15 is 0 Å². The van der Waals surface area contributed by atoms with E-state index in [1.807, 2.05) is 12.1 Å². The van der Waals surface area contributed by atoms with Crippen LogP contribution >= 0.6 is 11.8 Å². The van der Waals surface area contributed by atoms with E-state index in [0.29, 0.717) is 35.9 Å². The van der Waals surface area contributed by atoms with E-state index in [9.17, 15) is 9.59 Å². The van der Waals surface area contributed by atoms with Crippen molar-refractivity contribution in [2.45, 2.75) is 11.7 Å². The van der Waals surface area contributed by atoms with Gasteiger partial charge in [0.25, 0.3) is 5.91 Å².